The van der Waals surface area contributed by atoms with Gasteiger partial charge in [0.15, 0.2) is 5.25 Å². The van der Waals surface area contributed by atoms with E-state index in [4.69, 9.17) is 0 Å². The number of halogens is 1. The Hall–Kier alpha value is 0.520. The van der Waals surface area contributed by atoms with Crippen LogP contribution in [0, 0.1) is 0 Å². The molecule has 1 fully saturated rings. The molecule has 146 valence electrons. The molecule has 1 saturated heterocycles. The van der Waals surface area contributed by atoms with Crippen LogP contribution in [0.2, 0.25) is 0 Å². The minimum atomic E-state index is -0.708. The highest BCUT2D eigenvalue weighted by molar-refractivity contribution is 7.97. The number of unbranched alkanes of at least 4 members (excludes halogenated alkanes) is 11. The van der Waals surface area contributed by atoms with Crippen LogP contribution >= 0.6 is 0 Å². The maximum atomic E-state index is 9.82. The van der Waals surface area contributed by atoms with Gasteiger partial charge in [-0.1, -0.05) is 71.1 Å². The van der Waals surface area contributed by atoms with Gasteiger partial charge in [-0.2, -0.15) is 0 Å². The van der Waals surface area contributed by atoms with E-state index in [0.717, 1.165) is 5.75 Å². The molecule has 0 radical (unpaired) electrons. The molecule has 5 heteroatoms. The SMILES string of the molecule is CCCCCCCCCCCCCC[S+]1C[C@@H](O)[C@H](O)[C@H]1CO.[Cl-]. The smallest absolute Gasteiger partial charge is 0.169 e. The van der Waals surface area contributed by atoms with Crippen LogP contribution in [0.4, 0.5) is 0 Å². The summed E-state index contributed by atoms with van der Waals surface area (Å²) in [6.07, 6.45) is 14.9. The highest BCUT2D eigenvalue weighted by Gasteiger charge is 2.48. The maximum Gasteiger partial charge on any atom is 0.169 e. The van der Waals surface area contributed by atoms with Crippen LogP contribution in [0.1, 0.15) is 84.0 Å². The lowest BCUT2D eigenvalue weighted by Gasteiger charge is -2.11. The first-order chi connectivity index (χ1) is 11.2. The summed E-state index contributed by atoms with van der Waals surface area (Å²) in [5.74, 6) is 1.75. The molecule has 1 heterocycles. The van der Waals surface area contributed by atoms with Crippen molar-refractivity contribution in [3.63, 3.8) is 0 Å². The summed E-state index contributed by atoms with van der Waals surface area (Å²) in [7, 11) is 0.0102. The first kappa shape index (κ1) is 24.5. The molecule has 1 unspecified atom stereocenters. The minimum Gasteiger partial charge on any atom is -1.00 e. The zero-order valence-electron chi connectivity index (χ0n) is 15.5. The van der Waals surface area contributed by atoms with Crippen molar-refractivity contribution in [2.75, 3.05) is 18.1 Å². The second kappa shape index (κ2) is 15.7. The first-order valence-electron chi connectivity index (χ1n) is 9.84. The molecule has 0 aromatic carbocycles. The number of aliphatic hydroxyl groups excluding tert-OH is 3. The van der Waals surface area contributed by atoms with Gasteiger partial charge in [-0.25, -0.2) is 0 Å². The molecule has 4 atom stereocenters. The largest absolute Gasteiger partial charge is 1.00 e. The highest BCUT2D eigenvalue weighted by Crippen LogP contribution is 2.25. The number of aliphatic hydroxyl groups is 3. The standard InChI is InChI=1S/C19H39O3S.ClH/c1-2-3-4-5-6-7-8-9-10-11-12-13-14-23-16-17(21)19(22)18(23)15-20;/h17-22H,2-16H2,1H3;1H/q+1;/p-1/t17-,18-,19+,23?;/m1./s1. The van der Waals surface area contributed by atoms with E-state index in [1.54, 1.807) is 0 Å². The maximum absolute atomic E-state index is 9.82. The van der Waals surface area contributed by atoms with Crippen LogP contribution in [0.3, 0.4) is 0 Å². The third-order valence-corrected chi connectivity index (χ3v) is 7.90. The van der Waals surface area contributed by atoms with E-state index in [9.17, 15) is 15.3 Å². The molecular weight excluding hydrogens is 344 g/mol. The van der Waals surface area contributed by atoms with Gasteiger partial charge < -0.3 is 27.7 Å². The van der Waals surface area contributed by atoms with Crippen molar-refractivity contribution in [3.05, 3.63) is 0 Å². The molecule has 3 N–H and O–H groups in total. The first-order valence-corrected chi connectivity index (χ1v) is 11.5. The fourth-order valence-electron chi connectivity index (χ4n) is 3.46. The normalized spacial score (nSPS) is 26.5. The topological polar surface area (TPSA) is 60.7 Å². The monoisotopic (exact) mass is 382 g/mol. The summed E-state index contributed by atoms with van der Waals surface area (Å²) < 4.78 is 0. The zero-order chi connectivity index (χ0) is 16.9. The summed E-state index contributed by atoms with van der Waals surface area (Å²) in [6.45, 7) is 2.28. The zero-order valence-corrected chi connectivity index (χ0v) is 17.0. The molecule has 24 heavy (non-hydrogen) atoms. The summed E-state index contributed by atoms with van der Waals surface area (Å²) in [4.78, 5) is 0. The van der Waals surface area contributed by atoms with Crippen molar-refractivity contribution in [1.29, 1.82) is 0 Å². The molecule has 0 saturated carbocycles. The van der Waals surface area contributed by atoms with E-state index in [1.165, 1.54) is 77.0 Å². The van der Waals surface area contributed by atoms with E-state index < -0.39 is 12.2 Å². The molecule has 1 aliphatic rings. The van der Waals surface area contributed by atoms with Gasteiger partial charge in [-0.3, -0.25) is 0 Å². The predicted octanol–water partition coefficient (Wildman–Crippen LogP) is 0.406. The van der Waals surface area contributed by atoms with Gasteiger partial charge in [0, 0.05) is 0 Å². The van der Waals surface area contributed by atoms with Gasteiger partial charge in [-0.15, -0.1) is 0 Å². The van der Waals surface area contributed by atoms with E-state index in [2.05, 4.69) is 6.92 Å². The van der Waals surface area contributed by atoms with Gasteiger partial charge in [0.25, 0.3) is 0 Å². The quantitative estimate of drug-likeness (QED) is 0.301. The summed E-state index contributed by atoms with van der Waals surface area (Å²) in [5.41, 5.74) is 0. The third kappa shape index (κ3) is 9.86. The highest BCUT2D eigenvalue weighted by atomic mass is 35.5. The van der Waals surface area contributed by atoms with Crippen LogP contribution in [0.15, 0.2) is 0 Å². The summed E-state index contributed by atoms with van der Waals surface area (Å²) in [5, 5.41) is 28.8. The molecule has 0 spiro atoms. The van der Waals surface area contributed by atoms with Crippen molar-refractivity contribution in [1.82, 2.24) is 0 Å². The lowest BCUT2D eigenvalue weighted by atomic mass is 10.1. The molecule has 0 bridgehead atoms. The molecule has 3 nitrogen and oxygen atoms in total. The van der Waals surface area contributed by atoms with Gasteiger partial charge in [0.2, 0.25) is 0 Å². The van der Waals surface area contributed by atoms with Crippen molar-refractivity contribution < 1.29 is 27.7 Å². The molecule has 0 aromatic heterocycles. The average Bonchev–Trinajstić information content (AvgIpc) is 2.82. The average molecular weight is 383 g/mol. The predicted molar refractivity (Wildman–Crippen MR) is 101 cm³/mol. The fourth-order valence-corrected chi connectivity index (χ4v) is 6.18. The van der Waals surface area contributed by atoms with Crippen molar-refractivity contribution in [2.24, 2.45) is 0 Å². The van der Waals surface area contributed by atoms with Gasteiger partial charge in [0.1, 0.15) is 23.7 Å². The Kier molecular flexibility index (Phi) is 16.1. The molecule has 0 aromatic rings. The van der Waals surface area contributed by atoms with Gasteiger partial charge >= 0.3 is 0 Å². The van der Waals surface area contributed by atoms with E-state index in [-0.39, 0.29) is 35.2 Å². The Morgan fingerprint density at radius 3 is 1.71 bits per heavy atom. The van der Waals surface area contributed by atoms with Crippen LogP contribution in [-0.2, 0) is 10.9 Å². The summed E-state index contributed by atoms with van der Waals surface area (Å²) in [6, 6.07) is 0. The minimum absolute atomic E-state index is 0. The molecule has 1 aliphatic heterocycles. The molecular formula is C19H39ClO3S. The Morgan fingerprint density at radius 1 is 0.792 bits per heavy atom. The molecule has 1 rings (SSSR count). The molecule has 0 aliphatic carbocycles. The van der Waals surface area contributed by atoms with E-state index in [1.807, 2.05) is 0 Å². The lowest BCUT2D eigenvalue weighted by molar-refractivity contribution is -0.00000858. The van der Waals surface area contributed by atoms with Crippen LogP contribution < -0.4 is 12.4 Å². The van der Waals surface area contributed by atoms with Crippen molar-refractivity contribution in [2.45, 2.75) is 101 Å². The second-order valence-electron chi connectivity index (χ2n) is 7.08. The van der Waals surface area contributed by atoms with Crippen LogP contribution in [0.25, 0.3) is 0 Å². The third-order valence-electron chi connectivity index (χ3n) is 5.03. The molecule has 0 amide bonds. The second-order valence-corrected chi connectivity index (χ2v) is 9.50. The fraction of sp³-hybridized carbons (Fsp3) is 1.00. The van der Waals surface area contributed by atoms with E-state index >= 15 is 0 Å². The van der Waals surface area contributed by atoms with E-state index in [0.29, 0.717) is 5.75 Å². The number of hydrogen-bond donors (Lipinski definition) is 3. The lowest BCUT2D eigenvalue weighted by Crippen LogP contribution is -3.00. The Bertz CT molecular complexity index is 281. The van der Waals surface area contributed by atoms with Gasteiger partial charge in [0.05, 0.1) is 6.61 Å². The number of hydrogen-bond acceptors (Lipinski definition) is 3. The Morgan fingerprint density at radius 2 is 1.25 bits per heavy atom. The van der Waals surface area contributed by atoms with Crippen molar-refractivity contribution >= 4 is 10.9 Å². The van der Waals surface area contributed by atoms with Gasteiger partial charge in [-0.05, 0) is 23.7 Å². The summed E-state index contributed by atoms with van der Waals surface area (Å²) >= 11 is 0. The van der Waals surface area contributed by atoms with Crippen molar-refractivity contribution in [3.8, 4) is 0 Å². The Labute approximate surface area is 158 Å². The van der Waals surface area contributed by atoms with Crippen LogP contribution in [-0.4, -0.2) is 50.9 Å². The Balaban J connectivity index is 0.00000529. The number of rotatable bonds is 14. The van der Waals surface area contributed by atoms with Crippen LogP contribution in [0.5, 0.6) is 0 Å².